The van der Waals surface area contributed by atoms with E-state index >= 15 is 0 Å². The Morgan fingerprint density at radius 2 is 1.79 bits per heavy atom. The minimum absolute atomic E-state index is 0.0559. The summed E-state index contributed by atoms with van der Waals surface area (Å²) in [6.07, 6.45) is 2.47. The summed E-state index contributed by atoms with van der Waals surface area (Å²) in [6, 6.07) is 22.0. The van der Waals surface area contributed by atoms with Gasteiger partial charge in [0.2, 0.25) is 0 Å². The van der Waals surface area contributed by atoms with Crippen molar-refractivity contribution in [1.82, 2.24) is 19.2 Å². The molecule has 2 aliphatic rings. The molecule has 2 saturated heterocycles. The first kappa shape index (κ1) is 27.7. The molecule has 1 N–H and O–H groups in total. The SMILES string of the molecule is Cc1nc2ccccn2c1C(O)=C1C(=O)C(=O)N(CCCN2CCOCC2)C1c1cccc(OCc2ccccc2)c1. The molecule has 2 aromatic heterocycles. The van der Waals surface area contributed by atoms with Crippen molar-refractivity contribution in [2.45, 2.75) is 26.0 Å². The van der Waals surface area contributed by atoms with Gasteiger partial charge in [-0.05, 0) is 48.7 Å². The lowest BCUT2D eigenvalue weighted by Crippen LogP contribution is -2.38. The molecular formula is C33H34N4O5. The van der Waals surface area contributed by atoms with E-state index in [1.165, 1.54) is 0 Å². The molecule has 0 saturated carbocycles. The first-order chi connectivity index (χ1) is 20.5. The average molecular weight is 567 g/mol. The van der Waals surface area contributed by atoms with Gasteiger partial charge in [-0.1, -0.05) is 48.5 Å². The number of fused-ring (bicyclic) bond motifs is 1. The van der Waals surface area contributed by atoms with E-state index < -0.39 is 17.7 Å². The van der Waals surface area contributed by atoms with E-state index in [-0.39, 0.29) is 11.3 Å². The van der Waals surface area contributed by atoms with Crippen LogP contribution >= 0.6 is 0 Å². The number of ketones is 1. The lowest BCUT2D eigenvalue weighted by molar-refractivity contribution is -0.140. The van der Waals surface area contributed by atoms with Crippen LogP contribution < -0.4 is 4.74 Å². The number of imidazole rings is 1. The zero-order valence-corrected chi connectivity index (χ0v) is 23.6. The number of nitrogens with zero attached hydrogens (tertiary/aromatic N) is 4. The van der Waals surface area contributed by atoms with Crippen LogP contribution in [0, 0.1) is 6.92 Å². The summed E-state index contributed by atoms with van der Waals surface area (Å²) in [5.41, 5.74) is 3.39. The lowest BCUT2D eigenvalue weighted by atomic mass is 9.96. The average Bonchev–Trinajstić information content (AvgIpc) is 3.49. The Morgan fingerprint density at radius 3 is 2.60 bits per heavy atom. The van der Waals surface area contributed by atoms with Crippen molar-refractivity contribution < 1.29 is 24.2 Å². The van der Waals surface area contributed by atoms with E-state index in [4.69, 9.17) is 9.47 Å². The third kappa shape index (κ3) is 5.53. The van der Waals surface area contributed by atoms with Gasteiger partial charge in [-0.25, -0.2) is 4.98 Å². The summed E-state index contributed by atoms with van der Waals surface area (Å²) in [5.74, 6) is -0.947. The van der Waals surface area contributed by atoms with Gasteiger partial charge in [0.25, 0.3) is 11.7 Å². The maximum absolute atomic E-state index is 13.6. The summed E-state index contributed by atoms with van der Waals surface area (Å²) in [7, 11) is 0. The maximum Gasteiger partial charge on any atom is 0.295 e. The Morgan fingerprint density at radius 1 is 1.00 bits per heavy atom. The second kappa shape index (κ2) is 12.2. The molecule has 9 heteroatoms. The zero-order chi connectivity index (χ0) is 29.1. The number of hydrogen-bond acceptors (Lipinski definition) is 7. The second-order valence-corrected chi connectivity index (χ2v) is 10.6. The summed E-state index contributed by atoms with van der Waals surface area (Å²) in [4.78, 5) is 35.6. The van der Waals surface area contributed by atoms with E-state index in [9.17, 15) is 14.7 Å². The highest BCUT2D eigenvalue weighted by molar-refractivity contribution is 6.46. The van der Waals surface area contributed by atoms with Crippen LogP contribution in [0.1, 0.15) is 35.0 Å². The number of hydrogen-bond donors (Lipinski definition) is 1. The summed E-state index contributed by atoms with van der Waals surface area (Å²) >= 11 is 0. The molecule has 0 aliphatic carbocycles. The Kier molecular flexibility index (Phi) is 8.03. The Hall–Kier alpha value is -4.47. The van der Waals surface area contributed by atoms with E-state index in [2.05, 4.69) is 9.88 Å². The maximum atomic E-state index is 13.6. The molecule has 0 spiro atoms. The number of Topliss-reactive ketones (excluding diaryl/α,β-unsaturated/α-hetero) is 1. The van der Waals surface area contributed by atoms with Crippen molar-refractivity contribution in [2.75, 3.05) is 39.4 Å². The van der Waals surface area contributed by atoms with Crippen LogP contribution in [0.15, 0.2) is 84.6 Å². The number of aryl methyl sites for hydroxylation is 1. The van der Waals surface area contributed by atoms with E-state index in [0.717, 1.165) is 25.2 Å². The number of ether oxygens (including phenoxy) is 2. The minimum atomic E-state index is -0.774. The highest BCUT2D eigenvalue weighted by Crippen LogP contribution is 2.41. The first-order valence-electron chi connectivity index (χ1n) is 14.3. The molecule has 2 aliphatic heterocycles. The van der Waals surface area contributed by atoms with Gasteiger partial charge in [0.05, 0.1) is 30.5 Å². The fourth-order valence-corrected chi connectivity index (χ4v) is 5.79. The smallest absolute Gasteiger partial charge is 0.295 e. The molecular weight excluding hydrogens is 532 g/mol. The topological polar surface area (TPSA) is 96.6 Å². The molecule has 216 valence electrons. The molecule has 0 bridgehead atoms. The number of aliphatic hydroxyl groups is 1. The molecule has 4 aromatic rings. The van der Waals surface area contributed by atoms with E-state index in [0.29, 0.717) is 61.1 Å². The number of carbonyl (C=O) groups is 2. The van der Waals surface area contributed by atoms with Crippen LogP contribution in [-0.4, -0.2) is 75.4 Å². The standard InChI is InChI=1S/C33H34N4O5/c1-23-29(36-15-6-5-13-27(36)34-23)31(38)28-30(25-11-7-12-26(21-25)42-22-24-9-3-2-4-10-24)37(33(40)32(28)39)16-8-14-35-17-19-41-20-18-35/h2-7,9-13,15,21,30,38H,8,14,16-20,22H2,1H3. The van der Waals surface area contributed by atoms with E-state index in [1.54, 1.807) is 22.4 Å². The number of aromatic nitrogens is 2. The predicted octanol–water partition coefficient (Wildman–Crippen LogP) is 4.37. The van der Waals surface area contributed by atoms with Crippen molar-refractivity contribution in [3.8, 4) is 5.75 Å². The second-order valence-electron chi connectivity index (χ2n) is 10.6. The Balaban J connectivity index is 1.37. The van der Waals surface area contributed by atoms with Crippen LogP contribution in [0.2, 0.25) is 0 Å². The molecule has 0 radical (unpaired) electrons. The summed E-state index contributed by atoms with van der Waals surface area (Å²) in [5, 5.41) is 11.7. The van der Waals surface area contributed by atoms with Gasteiger partial charge in [0, 0.05) is 32.4 Å². The number of benzene rings is 2. The number of likely N-dealkylation sites (tertiary alicyclic amines) is 1. The normalized spacial score (nSPS) is 19.1. The molecule has 1 atom stereocenters. The van der Waals surface area contributed by atoms with Crippen LogP contribution in [0.25, 0.3) is 11.4 Å². The number of amides is 1. The van der Waals surface area contributed by atoms with Gasteiger partial charge >= 0.3 is 0 Å². The summed E-state index contributed by atoms with van der Waals surface area (Å²) in [6.45, 7) is 6.39. The molecule has 2 aromatic carbocycles. The van der Waals surface area contributed by atoms with Crippen LogP contribution in [0.5, 0.6) is 5.75 Å². The Bertz CT molecular complexity index is 1620. The van der Waals surface area contributed by atoms with Crippen molar-refractivity contribution in [3.63, 3.8) is 0 Å². The number of aliphatic hydroxyl groups excluding tert-OH is 1. The number of morpholine rings is 1. The fourth-order valence-electron chi connectivity index (χ4n) is 5.79. The highest BCUT2D eigenvalue weighted by Gasteiger charge is 2.46. The van der Waals surface area contributed by atoms with Gasteiger partial charge in [0.1, 0.15) is 23.7 Å². The molecule has 9 nitrogen and oxygen atoms in total. The third-order valence-corrected chi connectivity index (χ3v) is 7.87. The number of pyridine rings is 1. The minimum Gasteiger partial charge on any atom is -0.505 e. The molecule has 1 unspecified atom stereocenters. The van der Waals surface area contributed by atoms with Gasteiger partial charge in [-0.3, -0.25) is 18.9 Å². The molecule has 42 heavy (non-hydrogen) atoms. The van der Waals surface area contributed by atoms with Crippen molar-refractivity contribution in [2.24, 2.45) is 0 Å². The first-order valence-corrected chi connectivity index (χ1v) is 14.3. The Labute approximate surface area is 244 Å². The van der Waals surface area contributed by atoms with Gasteiger partial charge < -0.3 is 19.5 Å². The van der Waals surface area contributed by atoms with Gasteiger partial charge in [-0.15, -0.1) is 0 Å². The van der Waals surface area contributed by atoms with Crippen molar-refractivity contribution >= 4 is 23.1 Å². The van der Waals surface area contributed by atoms with Crippen LogP contribution in [0.3, 0.4) is 0 Å². The quantitative estimate of drug-likeness (QED) is 0.183. The monoisotopic (exact) mass is 566 g/mol. The predicted molar refractivity (Wildman–Crippen MR) is 158 cm³/mol. The summed E-state index contributed by atoms with van der Waals surface area (Å²) < 4.78 is 13.3. The molecule has 2 fully saturated rings. The molecule has 4 heterocycles. The third-order valence-electron chi connectivity index (χ3n) is 7.87. The van der Waals surface area contributed by atoms with E-state index in [1.807, 2.05) is 72.8 Å². The van der Waals surface area contributed by atoms with Crippen LogP contribution in [0.4, 0.5) is 0 Å². The highest BCUT2D eigenvalue weighted by atomic mass is 16.5. The fraction of sp³-hybridized carbons (Fsp3) is 0.303. The lowest BCUT2D eigenvalue weighted by Gasteiger charge is -2.29. The van der Waals surface area contributed by atoms with Crippen molar-refractivity contribution in [1.29, 1.82) is 0 Å². The van der Waals surface area contributed by atoms with Gasteiger partial charge in [0.15, 0.2) is 5.76 Å². The number of rotatable bonds is 9. The molecule has 6 rings (SSSR count). The van der Waals surface area contributed by atoms with Gasteiger partial charge in [-0.2, -0.15) is 0 Å². The zero-order valence-electron chi connectivity index (χ0n) is 23.6. The largest absolute Gasteiger partial charge is 0.505 e. The molecule has 1 amide bonds. The van der Waals surface area contributed by atoms with Crippen LogP contribution in [-0.2, 0) is 20.9 Å². The van der Waals surface area contributed by atoms with Crippen molar-refractivity contribution in [3.05, 3.63) is 107 Å². The number of carbonyl (C=O) groups excluding carboxylic acids is 2.